The number of hydrogen-bond acceptors (Lipinski definition) is 4. The fourth-order valence-corrected chi connectivity index (χ4v) is 3.74. The summed E-state index contributed by atoms with van der Waals surface area (Å²) < 4.78 is 6.99. The number of carboxylic acid groups (broad SMARTS) is 1. The molecule has 0 atom stereocenters. The molecule has 2 aromatic heterocycles. The molecular formula is C21H23N3O3. The average molecular weight is 365 g/mol. The van der Waals surface area contributed by atoms with Gasteiger partial charge in [0.1, 0.15) is 5.69 Å². The second-order valence-corrected chi connectivity index (χ2v) is 7.04. The summed E-state index contributed by atoms with van der Waals surface area (Å²) >= 11 is 0. The molecule has 0 bridgehead atoms. The molecule has 1 saturated heterocycles. The van der Waals surface area contributed by atoms with Crippen LogP contribution in [0.5, 0.6) is 0 Å². The maximum atomic E-state index is 12.2. The number of benzene rings is 1. The van der Waals surface area contributed by atoms with E-state index in [4.69, 9.17) is 4.42 Å². The Labute approximate surface area is 158 Å². The summed E-state index contributed by atoms with van der Waals surface area (Å²) in [4.78, 5) is 14.5. The van der Waals surface area contributed by atoms with E-state index in [2.05, 4.69) is 34.3 Å². The third kappa shape index (κ3) is 3.53. The van der Waals surface area contributed by atoms with Gasteiger partial charge in [0.25, 0.3) is 0 Å². The first-order valence-electron chi connectivity index (χ1n) is 9.27. The minimum absolute atomic E-state index is 0.538. The maximum Gasteiger partial charge on any atom is 0.331 e. The van der Waals surface area contributed by atoms with Crippen LogP contribution in [-0.2, 0) is 16.8 Å². The molecule has 1 aliphatic rings. The van der Waals surface area contributed by atoms with E-state index in [-0.39, 0.29) is 0 Å². The molecule has 4 rings (SSSR count). The number of rotatable bonds is 6. The standard InChI is InChI=1S/C21H23N3O3/c25-20(26)21(24-13-9-18(22-24)19-7-4-16-27-19)10-14-23(15-11-21)12-8-17-5-2-1-3-6-17/h1-7,9,13,16H,8,10-12,14-15H2,(H,25,26). The van der Waals surface area contributed by atoms with Crippen LogP contribution in [0.3, 0.4) is 0 Å². The number of piperidine rings is 1. The first-order chi connectivity index (χ1) is 13.2. The van der Waals surface area contributed by atoms with E-state index in [1.807, 2.05) is 18.2 Å². The summed E-state index contributed by atoms with van der Waals surface area (Å²) in [5.74, 6) is -0.172. The average Bonchev–Trinajstić information content (AvgIpc) is 3.39. The molecule has 0 spiro atoms. The van der Waals surface area contributed by atoms with Crippen LogP contribution in [0.1, 0.15) is 18.4 Å². The monoisotopic (exact) mass is 365 g/mol. The van der Waals surface area contributed by atoms with Gasteiger partial charge in [0.15, 0.2) is 11.3 Å². The van der Waals surface area contributed by atoms with Gasteiger partial charge in [-0.15, -0.1) is 0 Å². The smallest absolute Gasteiger partial charge is 0.331 e. The van der Waals surface area contributed by atoms with Gasteiger partial charge >= 0.3 is 5.97 Å². The van der Waals surface area contributed by atoms with Gasteiger partial charge in [0, 0.05) is 25.8 Å². The summed E-state index contributed by atoms with van der Waals surface area (Å²) in [5.41, 5.74) is 0.975. The third-order valence-electron chi connectivity index (χ3n) is 5.44. The van der Waals surface area contributed by atoms with Crippen molar-refractivity contribution in [1.29, 1.82) is 0 Å². The van der Waals surface area contributed by atoms with Gasteiger partial charge in [0.2, 0.25) is 0 Å². The van der Waals surface area contributed by atoms with Gasteiger partial charge in [-0.25, -0.2) is 4.79 Å². The molecule has 3 aromatic rings. The van der Waals surface area contributed by atoms with Crippen molar-refractivity contribution in [2.24, 2.45) is 0 Å². The van der Waals surface area contributed by atoms with E-state index in [0.717, 1.165) is 26.1 Å². The lowest BCUT2D eigenvalue weighted by atomic mass is 9.87. The predicted octanol–water partition coefficient (Wildman–Crippen LogP) is 3.26. The van der Waals surface area contributed by atoms with Crippen molar-refractivity contribution in [2.45, 2.75) is 24.8 Å². The zero-order valence-electron chi connectivity index (χ0n) is 15.1. The lowest BCUT2D eigenvalue weighted by Gasteiger charge is -2.39. The Hall–Kier alpha value is -2.86. The summed E-state index contributed by atoms with van der Waals surface area (Å²) in [5, 5.41) is 14.5. The second-order valence-electron chi connectivity index (χ2n) is 7.04. The van der Waals surface area contributed by atoms with Gasteiger partial charge in [-0.2, -0.15) is 5.10 Å². The van der Waals surface area contributed by atoms with E-state index >= 15 is 0 Å². The topological polar surface area (TPSA) is 71.5 Å². The fourth-order valence-electron chi connectivity index (χ4n) is 3.74. The van der Waals surface area contributed by atoms with Crippen LogP contribution in [0, 0.1) is 0 Å². The number of hydrogen-bond donors (Lipinski definition) is 1. The van der Waals surface area contributed by atoms with E-state index in [1.165, 1.54) is 5.56 Å². The molecule has 6 nitrogen and oxygen atoms in total. The van der Waals surface area contributed by atoms with Crippen LogP contribution in [0.2, 0.25) is 0 Å². The minimum Gasteiger partial charge on any atom is -0.479 e. The number of nitrogens with zero attached hydrogens (tertiary/aromatic N) is 3. The molecule has 1 N–H and O–H groups in total. The van der Waals surface area contributed by atoms with Gasteiger partial charge in [0.05, 0.1) is 6.26 Å². The highest BCUT2D eigenvalue weighted by atomic mass is 16.4. The lowest BCUT2D eigenvalue weighted by Crippen LogP contribution is -2.51. The highest BCUT2D eigenvalue weighted by Crippen LogP contribution is 2.31. The SMILES string of the molecule is O=C(O)C1(n2ccc(-c3ccco3)n2)CCN(CCc2ccccc2)CC1. The summed E-state index contributed by atoms with van der Waals surface area (Å²) in [7, 11) is 0. The Kier molecular flexibility index (Phi) is 4.81. The first kappa shape index (κ1) is 17.5. The van der Waals surface area contributed by atoms with Gasteiger partial charge in [-0.1, -0.05) is 30.3 Å². The Morgan fingerprint density at radius 3 is 2.56 bits per heavy atom. The van der Waals surface area contributed by atoms with Crippen LogP contribution >= 0.6 is 0 Å². The molecule has 1 fully saturated rings. The van der Waals surface area contributed by atoms with E-state index < -0.39 is 11.5 Å². The minimum atomic E-state index is -0.992. The Bertz CT molecular complexity index is 879. The molecule has 0 saturated carbocycles. The van der Waals surface area contributed by atoms with Crippen LogP contribution in [0.4, 0.5) is 0 Å². The number of aromatic nitrogens is 2. The highest BCUT2D eigenvalue weighted by Gasteiger charge is 2.44. The molecule has 27 heavy (non-hydrogen) atoms. The molecule has 0 aliphatic carbocycles. The van der Waals surface area contributed by atoms with Crippen LogP contribution in [0.25, 0.3) is 11.5 Å². The number of carbonyl (C=O) groups is 1. The Morgan fingerprint density at radius 1 is 1.11 bits per heavy atom. The predicted molar refractivity (Wildman–Crippen MR) is 101 cm³/mol. The molecule has 3 heterocycles. The number of aliphatic carboxylic acids is 1. The summed E-state index contributed by atoms with van der Waals surface area (Å²) in [6.07, 6.45) is 5.40. The lowest BCUT2D eigenvalue weighted by molar-refractivity contribution is -0.151. The first-order valence-corrected chi connectivity index (χ1v) is 9.27. The molecule has 6 heteroatoms. The van der Waals surface area contributed by atoms with Crippen molar-refractivity contribution in [2.75, 3.05) is 19.6 Å². The van der Waals surface area contributed by atoms with E-state index in [0.29, 0.717) is 24.3 Å². The Morgan fingerprint density at radius 2 is 1.89 bits per heavy atom. The largest absolute Gasteiger partial charge is 0.479 e. The van der Waals surface area contributed by atoms with Crippen molar-refractivity contribution in [1.82, 2.24) is 14.7 Å². The Balaban J connectivity index is 1.44. The van der Waals surface area contributed by atoms with Gasteiger partial charge < -0.3 is 14.4 Å². The quantitative estimate of drug-likeness (QED) is 0.726. The van der Waals surface area contributed by atoms with E-state index in [9.17, 15) is 9.90 Å². The molecule has 1 aromatic carbocycles. The van der Waals surface area contributed by atoms with Crippen molar-refractivity contribution in [3.05, 3.63) is 66.6 Å². The normalized spacial score (nSPS) is 17.0. The van der Waals surface area contributed by atoms with Crippen LogP contribution in [-0.4, -0.2) is 45.4 Å². The molecule has 1 aliphatic heterocycles. The number of carboxylic acids is 1. The third-order valence-corrected chi connectivity index (χ3v) is 5.44. The van der Waals surface area contributed by atoms with Gasteiger partial charge in [-0.3, -0.25) is 4.68 Å². The van der Waals surface area contributed by atoms with Gasteiger partial charge in [-0.05, 0) is 43.0 Å². The summed E-state index contributed by atoms with van der Waals surface area (Å²) in [6.45, 7) is 2.43. The van der Waals surface area contributed by atoms with Crippen molar-refractivity contribution >= 4 is 5.97 Å². The summed E-state index contributed by atoms with van der Waals surface area (Å²) in [6, 6.07) is 15.8. The number of furan rings is 1. The molecule has 0 amide bonds. The van der Waals surface area contributed by atoms with Crippen LogP contribution < -0.4 is 0 Å². The molecular weight excluding hydrogens is 342 g/mol. The van der Waals surface area contributed by atoms with E-state index in [1.54, 1.807) is 23.2 Å². The number of likely N-dealkylation sites (tertiary alicyclic amines) is 1. The molecule has 140 valence electrons. The fraction of sp³-hybridized carbons (Fsp3) is 0.333. The van der Waals surface area contributed by atoms with Crippen molar-refractivity contribution in [3.8, 4) is 11.5 Å². The van der Waals surface area contributed by atoms with Crippen LogP contribution in [0.15, 0.2) is 65.4 Å². The zero-order valence-corrected chi connectivity index (χ0v) is 15.1. The molecule has 0 radical (unpaired) electrons. The van der Waals surface area contributed by atoms with Crippen molar-refractivity contribution < 1.29 is 14.3 Å². The molecule has 0 unspecified atom stereocenters. The second kappa shape index (κ2) is 7.40. The maximum absolute atomic E-state index is 12.2. The van der Waals surface area contributed by atoms with Crippen molar-refractivity contribution in [3.63, 3.8) is 0 Å². The highest BCUT2D eigenvalue weighted by molar-refractivity contribution is 5.77. The zero-order chi connectivity index (χ0) is 18.7.